The molecule has 0 saturated carbocycles. The molecule has 2 aromatic carbocycles. The van der Waals surface area contributed by atoms with Gasteiger partial charge in [0.05, 0.1) is 16.0 Å². The first-order chi connectivity index (χ1) is 13.9. The minimum Gasteiger partial charge on any atom is -0.478 e. The van der Waals surface area contributed by atoms with E-state index in [4.69, 9.17) is 5.11 Å². The van der Waals surface area contributed by atoms with Gasteiger partial charge in [-0.15, -0.1) is 11.8 Å². The fourth-order valence-corrected chi connectivity index (χ4v) is 4.03. The van der Waals surface area contributed by atoms with Crippen LogP contribution in [0.3, 0.4) is 0 Å². The third-order valence-electron chi connectivity index (χ3n) is 3.66. The summed E-state index contributed by atoms with van der Waals surface area (Å²) in [6, 6.07) is 12.9. The third kappa shape index (κ3) is 6.16. The predicted octanol–water partition coefficient (Wildman–Crippen LogP) is 3.91. The Kier molecular flexibility index (Phi) is 6.63. The lowest BCUT2D eigenvalue weighted by molar-refractivity contribution is -0.131. The number of amides is 2. The van der Waals surface area contributed by atoms with Crippen molar-refractivity contribution in [2.45, 2.75) is 11.8 Å². The van der Waals surface area contributed by atoms with E-state index < -0.39 is 11.9 Å². The summed E-state index contributed by atoms with van der Waals surface area (Å²) in [7, 11) is 0. The van der Waals surface area contributed by atoms with Gasteiger partial charge in [0.1, 0.15) is 0 Å². The normalized spacial score (nSPS) is 10.9. The number of carbonyl (C=O) groups excluding carboxylic acids is 2. The first-order valence-corrected chi connectivity index (χ1v) is 10.3. The number of hydrogen-bond donors (Lipinski definition) is 3. The average molecular weight is 428 g/mol. The molecule has 9 heteroatoms. The van der Waals surface area contributed by atoms with Gasteiger partial charge >= 0.3 is 5.97 Å². The summed E-state index contributed by atoms with van der Waals surface area (Å²) in [6.07, 6.45) is 1.71. The maximum Gasteiger partial charge on any atom is 0.328 e. The Labute approximate surface area is 174 Å². The lowest BCUT2D eigenvalue weighted by Crippen LogP contribution is -2.13. The summed E-state index contributed by atoms with van der Waals surface area (Å²) >= 11 is 2.80. The molecule has 3 aromatic rings. The Hall–Kier alpha value is -3.17. The molecule has 3 N–H and O–H groups in total. The molecule has 1 aromatic heterocycles. The molecule has 29 heavy (non-hydrogen) atoms. The number of thiazole rings is 1. The number of fused-ring (bicyclic) bond motifs is 1. The Balaban J connectivity index is 1.50. The molecule has 0 saturated heterocycles. The lowest BCUT2D eigenvalue weighted by Gasteiger charge is -2.05. The number of carbonyl (C=O) groups is 3. The second kappa shape index (κ2) is 9.35. The fraction of sp³-hybridized carbons (Fsp3) is 0.100. The zero-order chi connectivity index (χ0) is 20.8. The van der Waals surface area contributed by atoms with Crippen LogP contribution in [-0.4, -0.2) is 33.6 Å². The summed E-state index contributed by atoms with van der Waals surface area (Å²) in [5.41, 5.74) is 2.54. The van der Waals surface area contributed by atoms with Gasteiger partial charge in [0, 0.05) is 22.7 Å². The van der Waals surface area contributed by atoms with Crippen LogP contribution in [0.5, 0.6) is 0 Å². The molecule has 0 unspecified atom stereocenters. The van der Waals surface area contributed by atoms with Crippen LogP contribution in [0.25, 0.3) is 10.2 Å². The van der Waals surface area contributed by atoms with E-state index in [1.165, 1.54) is 23.1 Å². The van der Waals surface area contributed by atoms with Crippen LogP contribution in [-0.2, 0) is 14.4 Å². The van der Waals surface area contributed by atoms with Gasteiger partial charge in [0.2, 0.25) is 11.8 Å². The van der Waals surface area contributed by atoms with Crippen molar-refractivity contribution in [3.63, 3.8) is 0 Å². The molecular weight excluding hydrogens is 410 g/mol. The van der Waals surface area contributed by atoms with E-state index in [1.54, 1.807) is 24.3 Å². The number of aryl methyl sites for hydroxylation is 1. The van der Waals surface area contributed by atoms with Crippen LogP contribution in [0.1, 0.15) is 5.56 Å². The van der Waals surface area contributed by atoms with Crippen molar-refractivity contribution in [3.05, 3.63) is 60.2 Å². The van der Waals surface area contributed by atoms with Crippen molar-refractivity contribution < 1.29 is 19.5 Å². The van der Waals surface area contributed by atoms with Gasteiger partial charge in [0.15, 0.2) is 5.13 Å². The topological polar surface area (TPSA) is 108 Å². The predicted molar refractivity (Wildman–Crippen MR) is 116 cm³/mol. The molecule has 1 heterocycles. The van der Waals surface area contributed by atoms with E-state index in [0.29, 0.717) is 10.8 Å². The van der Waals surface area contributed by atoms with Crippen LogP contribution in [0.15, 0.2) is 59.5 Å². The van der Waals surface area contributed by atoms with Gasteiger partial charge < -0.3 is 15.7 Å². The molecule has 0 radical (unpaired) electrons. The van der Waals surface area contributed by atoms with E-state index in [0.717, 1.165) is 32.8 Å². The molecule has 0 bridgehead atoms. The second-order valence-corrected chi connectivity index (χ2v) is 8.09. The largest absolute Gasteiger partial charge is 0.478 e. The van der Waals surface area contributed by atoms with Crippen molar-refractivity contribution >= 4 is 61.9 Å². The highest BCUT2D eigenvalue weighted by Crippen LogP contribution is 2.27. The van der Waals surface area contributed by atoms with Crippen LogP contribution in [0, 0.1) is 6.92 Å². The van der Waals surface area contributed by atoms with Crippen LogP contribution in [0.4, 0.5) is 10.8 Å². The number of anilines is 2. The Morgan fingerprint density at radius 2 is 1.86 bits per heavy atom. The number of benzene rings is 2. The number of hydrogen-bond acceptors (Lipinski definition) is 6. The van der Waals surface area contributed by atoms with Gasteiger partial charge in [-0.25, -0.2) is 9.78 Å². The highest BCUT2D eigenvalue weighted by atomic mass is 32.2. The minimum absolute atomic E-state index is 0.151. The van der Waals surface area contributed by atoms with E-state index in [-0.39, 0.29) is 11.7 Å². The summed E-state index contributed by atoms with van der Waals surface area (Å²) in [4.78, 5) is 39.4. The van der Waals surface area contributed by atoms with Crippen molar-refractivity contribution in [1.29, 1.82) is 0 Å². The molecule has 0 fully saturated rings. The molecule has 0 aliphatic rings. The summed E-state index contributed by atoms with van der Waals surface area (Å²) in [5.74, 6) is -1.64. The first kappa shape index (κ1) is 20.6. The third-order valence-corrected chi connectivity index (χ3v) is 5.60. The summed E-state index contributed by atoms with van der Waals surface area (Å²) in [6.45, 7) is 2.01. The highest BCUT2D eigenvalue weighted by molar-refractivity contribution is 8.00. The quantitative estimate of drug-likeness (QED) is 0.390. The second-order valence-electron chi connectivity index (χ2n) is 6.01. The van der Waals surface area contributed by atoms with Crippen LogP contribution < -0.4 is 10.6 Å². The molecule has 0 spiro atoms. The molecule has 0 aliphatic carbocycles. The van der Waals surface area contributed by atoms with Gasteiger partial charge in [-0.1, -0.05) is 17.4 Å². The van der Waals surface area contributed by atoms with E-state index in [9.17, 15) is 14.4 Å². The van der Waals surface area contributed by atoms with Crippen molar-refractivity contribution in [2.24, 2.45) is 0 Å². The van der Waals surface area contributed by atoms with Gasteiger partial charge in [0.25, 0.3) is 0 Å². The molecular formula is C20H17N3O4S2. The monoisotopic (exact) mass is 427 g/mol. The molecule has 0 atom stereocenters. The van der Waals surface area contributed by atoms with Crippen molar-refractivity contribution in [1.82, 2.24) is 4.98 Å². The SMILES string of the molecule is Cc1ccc2nc(NC(=O)CSc3ccc(NC(=O)/C=C/C(=O)O)cc3)sc2c1. The standard InChI is InChI=1S/C20H17N3O4S2/c1-12-2-7-15-16(10-12)29-20(22-15)23-18(25)11-28-14-5-3-13(4-6-14)21-17(24)8-9-19(26)27/h2-10H,11H2,1H3,(H,21,24)(H,26,27)(H,22,23,25)/b9-8+. The van der Waals surface area contributed by atoms with Gasteiger partial charge in [-0.3, -0.25) is 9.59 Å². The number of nitrogens with one attached hydrogen (secondary N) is 2. The van der Waals surface area contributed by atoms with E-state index in [2.05, 4.69) is 15.6 Å². The maximum absolute atomic E-state index is 12.2. The lowest BCUT2D eigenvalue weighted by atomic mass is 10.2. The van der Waals surface area contributed by atoms with E-state index in [1.807, 2.05) is 25.1 Å². The van der Waals surface area contributed by atoms with Crippen LogP contribution in [0.2, 0.25) is 0 Å². The van der Waals surface area contributed by atoms with Crippen molar-refractivity contribution in [3.8, 4) is 0 Å². The molecule has 7 nitrogen and oxygen atoms in total. The number of aliphatic carboxylic acids is 1. The molecule has 0 aliphatic heterocycles. The maximum atomic E-state index is 12.2. The Morgan fingerprint density at radius 1 is 1.10 bits per heavy atom. The zero-order valence-corrected chi connectivity index (χ0v) is 17.0. The Bertz CT molecular complexity index is 1090. The summed E-state index contributed by atoms with van der Waals surface area (Å²) in [5, 5.41) is 14.4. The minimum atomic E-state index is -1.19. The number of nitrogens with zero attached hydrogens (tertiary/aromatic N) is 1. The Morgan fingerprint density at radius 3 is 2.59 bits per heavy atom. The highest BCUT2D eigenvalue weighted by Gasteiger charge is 2.09. The smallest absolute Gasteiger partial charge is 0.328 e. The summed E-state index contributed by atoms with van der Waals surface area (Å²) < 4.78 is 1.03. The fourth-order valence-electron chi connectivity index (χ4n) is 2.35. The number of carboxylic acid groups (broad SMARTS) is 1. The molecule has 3 rings (SSSR count). The van der Waals surface area contributed by atoms with E-state index >= 15 is 0 Å². The number of thioether (sulfide) groups is 1. The van der Waals surface area contributed by atoms with Gasteiger partial charge in [-0.2, -0.15) is 0 Å². The zero-order valence-electron chi connectivity index (χ0n) is 15.3. The number of carboxylic acids is 1. The molecule has 148 valence electrons. The number of aromatic nitrogens is 1. The first-order valence-electron chi connectivity index (χ1n) is 8.51. The van der Waals surface area contributed by atoms with Crippen LogP contribution >= 0.6 is 23.1 Å². The number of rotatable bonds is 7. The van der Waals surface area contributed by atoms with Gasteiger partial charge in [-0.05, 0) is 48.9 Å². The average Bonchev–Trinajstić information content (AvgIpc) is 3.07. The molecule has 2 amide bonds. The van der Waals surface area contributed by atoms with Crippen molar-refractivity contribution in [2.75, 3.05) is 16.4 Å².